The van der Waals surface area contributed by atoms with Crippen molar-refractivity contribution in [1.82, 2.24) is 9.88 Å². The highest BCUT2D eigenvalue weighted by atomic mass is 35.5. The number of hydrogen-bond acceptors (Lipinski definition) is 5. The summed E-state index contributed by atoms with van der Waals surface area (Å²) in [6.07, 6.45) is 3.52. The zero-order valence-corrected chi connectivity index (χ0v) is 21.5. The molecule has 2 aliphatic rings. The van der Waals surface area contributed by atoms with Crippen molar-refractivity contribution >= 4 is 35.0 Å². The third kappa shape index (κ3) is 4.73. The maximum atomic E-state index is 14.1. The number of pyridine rings is 1. The van der Waals surface area contributed by atoms with Crippen LogP contribution in [0.5, 0.6) is 0 Å². The molecule has 1 fully saturated rings. The lowest BCUT2D eigenvalue weighted by Crippen LogP contribution is -2.52. The number of nitrogens with two attached hydrogens (primary N) is 1. The molecule has 1 saturated carbocycles. The molecule has 4 N–H and O–H groups in total. The molecule has 0 unspecified atom stereocenters. The third-order valence-electron chi connectivity index (χ3n) is 7.47. The summed E-state index contributed by atoms with van der Waals surface area (Å²) < 4.78 is 0. The van der Waals surface area contributed by atoms with E-state index in [2.05, 4.69) is 4.98 Å². The van der Waals surface area contributed by atoms with Gasteiger partial charge in [-0.15, -0.1) is 0 Å². The molecule has 1 aliphatic heterocycles. The van der Waals surface area contributed by atoms with Crippen LogP contribution in [-0.2, 0) is 11.4 Å². The quantitative estimate of drug-likeness (QED) is 0.437. The number of carbonyl (C=O) groups is 2. The van der Waals surface area contributed by atoms with Gasteiger partial charge in [-0.05, 0) is 72.7 Å². The van der Waals surface area contributed by atoms with Crippen LogP contribution in [0.1, 0.15) is 64.8 Å². The Hall–Kier alpha value is -2.97. The Kier molecular flexibility index (Phi) is 7.23. The van der Waals surface area contributed by atoms with Gasteiger partial charge in [-0.3, -0.25) is 14.6 Å². The van der Waals surface area contributed by atoms with Crippen molar-refractivity contribution in [3.63, 3.8) is 0 Å². The molecular weight excluding hydrogens is 513 g/mol. The fourth-order valence-corrected chi connectivity index (χ4v) is 6.23. The van der Waals surface area contributed by atoms with Gasteiger partial charge < -0.3 is 20.8 Å². The average Bonchev–Trinajstić information content (AvgIpc) is 2.89. The van der Waals surface area contributed by atoms with E-state index in [9.17, 15) is 19.8 Å². The summed E-state index contributed by atoms with van der Waals surface area (Å²) in [5.74, 6) is -1.69. The van der Waals surface area contributed by atoms with Crippen LogP contribution in [0.4, 0.5) is 0 Å². The number of halogens is 2. The number of fused-ring (bicyclic) bond motifs is 1. The van der Waals surface area contributed by atoms with E-state index < -0.39 is 24.0 Å². The average molecular weight is 540 g/mol. The molecule has 0 bridgehead atoms. The Morgan fingerprint density at radius 1 is 1.03 bits per heavy atom. The molecule has 0 saturated heterocycles. The van der Waals surface area contributed by atoms with Crippen molar-refractivity contribution in [2.75, 3.05) is 0 Å². The topological polar surface area (TPSA) is 117 Å². The van der Waals surface area contributed by atoms with Crippen LogP contribution >= 0.6 is 23.2 Å². The molecule has 7 nitrogen and oxygen atoms in total. The first-order valence-corrected chi connectivity index (χ1v) is 13.0. The van der Waals surface area contributed by atoms with E-state index in [1.54, 1.807) is 53.6 Å². The summed E-state index contributed by atoms with van der Waals surface area (Å²) in [4.78, 5) is 33.2. The first kappa shape index (κ1) is 25.7. The van der Waals surface area contributed by atoms with E-state index in [4.69, 9.17) is 28.9 Å². The lowest BCUT2D eigenvalue weighted by atomic mass is 9.76. The normalized spacial score (nSPS) is 23.6. The van der Waals surface area contributed by atoms with Gasteiger partial charge in [0.1, 0.15) is 0 Å². The first-order chi connectivity index (χ1) is 17.8. The van der Waals surface area contributed by atoms with Gasteiger partial charge in [-0.1, -0.05) is 41.4 Å². The number of nitrogens with zero attached hydrogens (tertiary/aromatic N) is 2. The van der Waals surface area contributed by atoms with Crippen molar-refractivity contribution in [3.8, 4) is 11.1 Å². The highest BCUT2D eigenvalue weighted by Gasteiger charge is 2.47. The fourth-order valence-electron chi connectivity index (χ4n) is 5.71. The first-order valence-electron chi connectivity index (χ1n) is 12.2. The summed E-state index contributed by atoms with van der Waals surface area (Å²) in [6.45, 7) is -0.254. The van der Waals surface area contributed by atoms with E-state index in [-0.39, 0.29) is 18.6 Å². The molecule has 2 atom stereocenters. The second-order valence-electron chi connectivity index (χ2n) is 9.62. The summed E-state index contributed by atoms with van der Waals surface area (Å²) in [7, 11) is 0. The number of aromatic nitrogens is 1. The van der Waals surface area contributed by atoms with Gasteiger partial charge in [0, 0.05) is 33.4 Å². The van der Waals surface area contributed by atoms with Crippen LogP contribution in [0, 0.1) is 0 Å². The fraction of sp³-hybridized carbons (Fsp3) is 0.321. The smallest absolute Gasteiger partial charge is 0.254 e. The Labute approximate surface area is 224 Å². The zero-order chi connectivity index (χ0) is 26.3. The van der Waals surface area contributed by atoms with E-state index in [0.29, 0.717) is 69.2 Å². The second-order valence-corrected chi connectivity index (χ2v) is 10.5. The number of primary amides is 1. The Bertz CT molecular complexity index is 1360. The predicted molar refractivity (Wildman–Crippen MR) is 141 cm³/mol. The van der Waals surface area contributed by atoms with Gasteiger partial charge in [0.2, 0.25) is 5.91 Å². The monoisotopic (exact) mass is 539 g/mol. The van der Waals surface area contributed by atoms with Crippen LogP contribution in [-0.4, -0.2) is 44.1 Å². The maximum absolute atomic E-state index is 14.1. The maximum Gasteiger partial charge on any atom is 0.254 e. The minimum absolute atomic E-state index is 0.193. The van der Waals surface area contributed by atoms with E-state index >= 15 is 0 Å². The van der Waals surface area contributed by atoms with E-state index in [1.807, 2.05) is 6.07 Å². The van der Waals surface area contributed by atoms with Crippen molar-refractivity contribution < 1.29 is 19.8 Å². The van der Waals surface area contributed by atoms with Crippen molar-refractivity contribution in [2.45, 2.75) is 56.4 Å². The van der Waals surface area contributed by atoms with Crippen LogP contribution in [0.15, 0.2) is 54.7 Å². The Morgan fingerprint density at radius 3 is 2.46 bits per heavy atom. The van der Waals surface area contributed by atoms with Gasteiger partial charge in [-0.25, -0.2) is 0 Å². The van der Waals surface area contributed by atoms with Crippen LogP contribution in [0.3, 0.4) is 0 Å². The standard InChI is InChI=1S/C28H27Cl2N3O4/c29-16-4-10-21(23(30)13-16)26-25(27(31)36)22-12-15(19-2-1-11-32-24(19)14-34)3-9-20(22)28(37)33(26)17-5-7-18(35)8-6-17/h1-4,9-13,17-18,25-26,34-35H,5-8,14H2,(H2,31,36)/t17-,18-,25-,26+/m1/s1. The summed E-state index contributed by atoms with van der Waals surface area (Å²) in [6, 6.07) is 13.0. The molecule has 1 aromatic heterocycles. The molecular formula is C28H27Cl2N3O4. The Balaban J connectivity index is 1.71. The Morgan fingerprint density at radius 2 is 1.78 bits per heavy atom. The summed E-state index contributed by atoms with van der Waals surface area (Å²) in [5, 5.41) is 20.7. The van der Waals surface area contributed by atoms with Crippen molar-refractivity contribution in [2.24, 2.45) is 5.73 Å². The molecule has 3 aromatic rings. The molecule has 0 radical (unpaired) electrons. The third-order valence-corrected chi connectivity index (χ3v) is 8.03. The molecule has 0 spiro atoms. The number of carbonyl (C=O) groups excluding carboxylic acids is 2. The lowest BCUT2D eigenvalue weighted by Gasteiger charge is -2.47. The molecule has 2 amide bonds. The number of benzene rings is 2. The van der Waals surface area contributed by atoms with Crippen molar-refractivity contribution in [1.29, 1.82) is 0 Å². The number of aliphatic hydroxyl groups excluding tert-OH is 2. The number of aliphatic hydroxyl groups is 2. The largest absolute Gasteiger partial charge is 0.393 e. The molecule has 9 heteroatoms. The zero-order valence-electron chi connectivity index (χ0n) is 20.0. The second kappa shape index (κ2) is 10.4. The number of amides is 2. The highest BCUT2D eigenvalue weighted by molar-refractivity contribution is 6.35. The van der Waals surface area contributed by atoms with Crippen molar-refractivity contribution in [3.05, 3.63) is 87.2 Å². The molecule has 2 heterocycles. The number of rotatable bonds is 5. The molecule has 5 rings (SSSR count). The SMILES string of the molecule is NC(=O)[C@@H]1c2cc(-c3cccnc3CO)ccc2C(=O)N([C@H]2CC[C@H](O)CC2)[C@H]1c1ccc(Cl)cc1Cl. The minimum Gasteiger partial charge on any atom is -0.393 e. The molecule has 2 aromatic carbocycles. The van der Waals surface area contributed by atoms with Crippen LogP contribution < -0.4 is 5.73 Å². The van der Waals surface area contributed by atoms with Crippen LogP contribution in [0.25, 0.3) is 11.1 Å². The summed E-state index contributed by atoms with van der Waals surface area (Å²) in [5.41, 5.74) is 9.45. The highest BCUT2D eigenvalue weighted by Crippen LogP contribution is 2.48. The van der Waals surface area contributed by atoms with E-state index in [1.165, 1.54) is 0 Å². The summed E-state index contributed by atoms with van der Waals surface area (Å²) >= 11 is 12.8. The molecule has 37 heavy (non-hydrogen) atoms. The lowest BCUT2D eigenvalue weighted by molar-refractivity contribution is -0.121. The molecule has 192 valence electrons. The minimum atomic E-state index is -0.882. The van der Waals surface area contributed by atoms with Gasteiger partial charge in [0.25, 0.3) is 5.91 Å². The van der Waals surface area contributed by atoms with E-state index in [0.717, 1.165) is 0 Å². The van der Waals surface area contributed by atoms with Gasteiger partial charge in [0.15, 0.2) is 0 Å². The van der Waals surface area contributed by atoms with Crippen LogP contribution in [0.2, 0.25) is 10.0 Å². The van der Waals surface area contributed by atoms with Gasteiger partial charge in [0.05, 0.1) is 30.4 Å². The van der Waals surface area contributed by atoms with Gasteiger partial charge >= 0.3 is 0 Å². The number of hydrogen-bond donors (Lipinski definition) is 3. The van der Waals surface area contributed by atoms with Gasteiger partial charge in [-0.2, -0.15) is 0 Å². The predicted octanol–water partition coefficient (Wildman–Crippen LogP) is 4.62. The molecule has 1 aliphatic carbocycles.